The highest BCUT2D eigenvalue weighted by atomic mass is 35.5. The first kappa shape index (κ1) is 10.3. The van der Waals surface area contributed by atoms with Crippen LogP contribution in [0.5, 0.6) is 0 Å². The molecule has 4 rings (SSSR count). The summed E-state index contributed by atoms with van der Waals surface area (Å²) in [6.45, 7) is 0. The molecule has 0 radical (unpaired) electrons. The van der Waals surface area contributed by atoms with E-state index in [9.17, 15) is 0 Å². The Hall–Kier alpha value is -1.60. The average Bonchev–Trinajstić information content (AvgIpc) is 2.87. The summed E-state index contributed by atoms with van der Waals surface area (Å²) in [5.74, 6) is 0. The lowest BCUT2D eigenvalue weighted by Gasteiger charge is -2.09. The van der Waals surface area contributed by atoms with Crippen LogP contribution in [-0.2, 0) is 12.8 Å². The molecule has 0 saturated carbocycles. The van der Waals surface area contributed by atoms with Crippen molar-refractivity contribution in [3.8, 4) is 0 Å². The van der Waals surface area contributed by atoms with Crippen molar-refractivity contribution in [1.82, 2.24) is 4.98 Å². The SMILES string of the molecule is Clc1c2c(nc3c1ccc1ccccc13)CCC2. The molecule has 0 fully saturated rings. The van der Waals surface area contributed by atoms with E-state index in [-0.39, 0.29) is 0 Å². The zero-order valence-corrected chi connectivity index (χ0v) is 10.7. The summed E-state index contributed by atoms with van der Waals surface area (Å²) < 4.78 is 0. The molecule has 18 heavy (non-hydrogen) atoms. The van der Waals surface area contributed by atoms with E-state index in [1.165, 1.54) is 28.5 Å². The molecule has 0 N–H and O–H groups in total. The van der Waals surface area contributed by atoms with Crippen molar-refractivity contribution in [2.45, 2.75) is 19.3 Å². The lowest BCUT2D eigenvalue weighted by Crippen LogP contribution is -1.92. The smallest absolute Gasteiger partial charge is 0.0798 e. The lowest BCUT2D eigenvalue weighted by molar-refractivity contribution is 0.901. The van der Waals surface area contributed by atoms with Gasteiger partial charge in [0.15, 0.2) is 0 Å². The van der Waals surface area contributed by atoms with Crippen molar-refractivity contribution in [3.63, 3.8) is 0 Å². The molecule has 0 atom stereocenters. The van der Waals surface area contributed by atoms with E-state index in [2.05, 4.69) is 36.4 Å². The van der Waals surface area contributed by atoms with E-state index >= 15 is 0 Å². The molecule has 1 nitrogen and oxygen atoms in total. The zero-order valence-electron chi connectivity index (χ0n) is 9.91. The highest BCUT2D eigenvalue weighted by molar-refractivity contribution is 6.37. The third-order valence-electron chi connectivity index (χ3n) is 3.84. The van der Waals surface area contributed by atoms with Crippen molar-refractivity contribution in [3.05, 3.63) is 52.7 Å². The van der Waals surface area contributed by atoms with Crippen LogP contribution in [0.25, 0.3) is 21.7 Å². The summed E-state index contributed by atoms with van der Waals surface area (Å²) in [7, 11) is 0. The Bertz CT molecular complexity index is 777. The minimum Gasteiger partial charge on any atom is -0.252 e. The van der Waals surface area contributed by atoms with Crippen LogP contribution in [0, 0.1) is 0 Å². The molecule has 2 aromatic carbocycles. The Morgan fingerprint density at radius 2 is 1.83 bits per heavy atom. The van der Waals surface area contributed by atoms with Crippen LogP contribution in [0.4, 0.5) is 0 Å². The van der Waals surface area contributed by atoms with Crippen molar-refractivity contribution in [2.24, 2.45) is 0 Å². The Morgan fingerprint density at radius 1 is 0.944 bits per heavy atom. The van der Waals surface area contributed by atoms with Crippen LogP contribution >= 0.6 is 11.6 Å². The molecule has 0 saturated heterocycles. The number of fused-ring (bicyclic) bond motifs is 4. The molecular weight excluding hydrogens is 242 g/mol. The largest absolute Gasteiger partial charge is 0.252 e. The normalized spacial score (nSPS) is 14.3. The topological polar surface area (TPSA) is 12.9 Å². The van der Waals surface area contributed by atoms with Gasteiger partial charge >= 0.3 is 0 Å². The van der Waals surface area contributed by atoms with Crippen LogP contribution in [-0.4, -0.2) is 4.98 Å². The Labute approximate surface area is 110 Å². The number of hydrogen-bond acceptors (Lipinski definition) is 1. The molecule has 1 aromatic heterocycles. The van der Waals surface area contributed by atoms with Crippen LogP contribution in [0.3, 0.4) is 0 Å². The number of aryl methyl sites for hydroxylation is 1. The van der Waals surface area contributed by atoms with Crippen LogP contribution < -0.4 is 0 Å². The van der Waals surface area contributed by atoms with Gasteiger partial charge in [0.2, 0.25) is 0 Å². The number of pyridine rings is 1. The second kappa shape index (κ2) is 3.69. The zero-order chi connectivity index (χ0) is 12.1. The maximum Gasteiger partial charge on any atom is 0.0798 e. The number of aromatic nitrogens is 1. The number of rotatable bonds is 0. The summed E-state index contributed by atoms with van der Waals surface area (Å²) >= 11 is 6.55. The molecule has 1 heterocycles. The second-order valence-corrected chi connectivity index (χ2v) is 5.27. The van der Waals surface area contributed by atoms with E-state index in [4.69, 9.17) is 16.6 Å². The first-order valence-corrected chi connectivity index (χ1v) is 6.71. The van der Waals surface area contributed by atoms with Crippen LogP contribution in [0.15, 0.2) is 36.4 Å². The van der Waals surface area contributed by atoms with Crippen LogP contribution in [0.2, 0.25) is 5.02 Å². The van der Waals surface area contributed by atoms with E-state index in [0.717, 1.165) is 28.8 Å². The molecule has 0 bridgehead atoms. The summed E-state index contributed by atoms with van der Waals surface area (Å²) in [6, 6.07) is 12.6. The fraction of sp³-hybridized carbons (Fsp3) is 0.188. The summed E-state index contributed by atoms with van der Waals surface area (Å²) in [5.41, 5.74) is 3.52. The van der Waals surface area contributed by atoms with Gasteiger partial charge in [0, 0.05) is 16.5 Å². The maximum atomic E-state index is 6.55. The number of nitrogens with zero attached hydrogens (tertiary/aromatic N) is 1. The van der Waals surface area contributed by atoms with E-state index in [1.54, 1.807) is 0 Å². The Kier molecular flexibility index (Phi) is 2.12. The molecule has 0 spiro atoms. The highest BCUT2D eigenvalue weighted by Gasteiger charge is 2.19. The quantitative estimate of drug-likeness (QED) is 0.537. The van der Waals surface area contributed by atoms with Gasteiger partial charge in [-0.15, -0.1) is 0 Å². The molecule has 1 aliphatic carbocycles. The predicted molar refractivity (Wildman–Crippen MR) is 76.3 cm³/mol. The monoisotopic (exact) mass is 253 g/mol. The predicted octanol–water partition coefficient (Wildman–Crippen LogP) is 4.53. The van der Waals surface area contributed by atoms with Crippen molar-refractivity contribution in [1.29, 1.82) is 0 Å². The maximum absolute atomic E-state index is 6.55. The molecule has 88 valence electrons. The minimum atomic E-state index is 0.915. The van der Waals surface area contributed by atoms with E-state index < -0.39 is 0 Å². The first-order valence-electron chi connectivity index (χ1n) is 6.33. The first-order chi connectivity index (χ1) is 8.84. The fourth-order valence-electron chi connectivity index (χ4n) is 2.94. The molecule has 0 amide bonds. The lowest BCUT2D eigenvalue weighted by atomic mass is 10.0. The number of hydrogen-bond donors (Lipinski definition) is 0. The summed E-state index contributed by atoms with van der Waals surface area (Å²) in [5, 5.41) is 4.44. The van der Waals surface area contributed by atoms with Gasteiger partial charge in [-0.1, -0.05) is 48.0 Å². The van der Waals surface area contributed by atoms with Gasteiger partial charge in [-0.3, -0.25) is 4.98 Å². The second-order valence-electron chi connectivity index (χ2n) is 4.89. The van der Waals surface area contributed by atoms with E-state index in [1.807, 2.05) is 0 Å². The van der Waals surface area contributed by atoms with Crippen molar-refractivity contribution in [2.75, 3.05) is 0 Å². The minimum absolute atomic E-state index is 0.915. The average molecular weight is 254 g/mol. The standard InChI is InChI=1S/C16H12ClN/c17-15-12-6-3-7-14(12)18-16-11-5-2-1-4-10(11)8-9-13(15)16/h1-2,4-5,8-9H,3,6-7H2. The third kappa shape index (κ3) is 1.31. The van der Waals surface area contributed by atoms with Gasteiger partial charge in [0.25, 0.3) is 0 Å². The van der Waals surface area contributed by atoms with Crippen LogP contribution in [0.1, 0.15) is 17.7 Å². The fourth-order valence-corrected chi connectivity index (χ4v) is 3.29. The Morgan fingerprint density at radius 3 is 2.78 bits per heavy atom. The molecule has 1 aliphatic rings. The molecule has 0 unspecified atom stereocenters. The molecular formula is C16H12ClN. The number of halogens is 1. The molecule has 2 heteroatoms. The highest BCUT2D eigenvalue weighted by Crippen LogP contribution is 2.36. The van der Waals surface area contributed by atoms with Crippen molar-refractivity contribution >= 4 is 33.3 Å². The van der Waals surface area contributed by atoms with Gasteiger partial charge in [0.05, 0.1) is 10.5 Å². The molecule has 3 aromatic rings. The molecule has 0 aliphatic heterocycles. The summed E-state index contributed by atoms with van der Waals surface area (Å²) in [4.78, 5) is 4.86. The van der Waals surface area contributed by atoms with E-state index in [0.29, 0.717) is 0 Å². The van der Waals surface area contributed by atoms with Gasteiger partial charge in [-0.25, -0.2) is 0 Å². The van der Waals surface area contributed by atoms with Crippen molar-refractivity contribution < 1.29 is 0 Å². The van der Waals surface area contributed by atoms with Gasteiger partial charge in [-0.05, 0) is 30.2 Å². The van der Waals surface area contributed by atoms with Gasteiger partial charge in [-0.2, -0.15) is 0 Å². The number of benzene rings is 2. The Balaban J connectivity index is 2.23. The van der Waals surface area contributed by atoms with Gasteiger partial charge in [0.1, 0.15) is 0 Å². The van der Waals surface area contributed by atoms with Gasteiger partial charge < -0.3 is 0 Å². The third-order valence-corrected chi connectivity index (χ3v) is 4.27. The summed E-state index contributed by atoms with van der Waals surface area (Å²) in [6.07, 6.45) is 3.31.